The van der Waals surface area contributed by atoms with E-state index in [4.69, 9.17) is 15.7 Å². The lowest BCUT2D eigenvalue weighted by Crippen LogP contribution is -2.42. The van der Waals surface area contributed by atoms with Crippen LogP contribution in [0.3, 0.4) is 0 Å². The van der Waals surface area contributed by atoms with Crippen LogP contribution in [0.2, 0.25) is 0 Å². The predicted molar refractivity (Wildman–Crippen MR) is 123 cm³/mol. The van der Waals surface area contributed by atoms with Crippen LogP contribution in [0.25, 0.3) is 0 Å². The van der Waals surface area contributed by atoms with E-state index in [0.29, 0.717) is 17.9 Å². The average Bonchev–Trinajstić information content (AvgIpc) is 3.33. The van der Waals surface area contributed by atoms with Crippen LogP contribution in [0, 0.1) is 0 Å². The van der Waals surface area contributed by atoms with Gasteiger partial charge >= 0.3 is 0 Å². The fraction of sp³-hybridized carbons (Fsp3) is 0.600. The molecule has 1 atom stereocenters. The molecule has 0 radical (unpaired) electrons. The van der Waals surface area contributed by atoms with E-state index in [1.165, 1.54) is 69.2 Å². The molecule has 2 aromatic rings. The molecular formula is C25H35N5. The van der Waals surface area contributed by atoms with Crippen LogP contribution >= 0.6 is 0 Å². The number of hydrogen-bond acceptors (Lipinski definition) is 5. The molecule has 5 rings (SSSR count). The number of anilines is 2. The van der Waals surface area contributed by atoms with Crippen LogP contribution in [-0.2, 0) is 6.42 Å². The maximum Gasteiger partial charge on any atom is 0.222 e. The van der Waals surface area contributed by atoms with Gasteiger partial charge in [-0.05, 0) is 76.4 Å². The minimum Gasteiger partial charge on any atom is -0.368 e. The van der Waals surface area contributed by atoms with Crippen LogP contribution in [0.4, 0.5) is 11.8 Å². The number of nitrogens with zero attached hydrogens (tertiary/aromatic N) is 4. The summed E-state index contributed by atoms with van der Waals surface area (Å²) in [4.78, 5) is 14.7. The summed E-state index contributed by atoms with van der Waals surface area (Å²) in [7, 11) is 2.23. The Morgan fingerprint density at radius 3 is 2.40 bits per heavy atom. The first kappa shape index (κ1) is 19.8. The molecular weight excluding hydrogens is 370 g/mol. The van der Waals surface area contributed by atoms with Crippen molar-refractivity contribution in [2.75, 3.05) is 30.8 Å². The standard InChI is InChI=1S/C25H35N5/c1-29(19-12-14-20(15-13-19)30-16-5-6-17-30)24-22-11-7-10-21(18-8-3-2-4-9-18)23(22)27-25(26)28-24/h2-4,8-9,19-21H,5-7,10-17H2,1H3,(H2,26,27,28). The second kappa shape index (κ2) is 8.54. The van der Waals surface area contributed by atoms with Gasteiger partial charge in [0.25, 0.3) is 0 Å². The van der Waals surface area contributed by atoms with Gasteiger partial charge in [-0.3, -0.25) is 0 Å². The summed E-state index contributed by atoms with van der Waals surface area (Å²) >= 11 is 0. The highest BCUT2D eigenvalue weighted by Gasteiger charge is 2.32. The van der Waals surface area contributed by atoms with Crippen LogP contribution in [-0.4, -0.2) is 47.1 Å². The molecule has 160 valence electrons. The molecule has 0 amide bonds. The van der Waals surface area contributed by atoms with Crippen molar-refractivity contribution in [3.8, 4) is 0 Å². The Bertz CT molecular complexity index is 853. The SMILES string of the molecule is CN(c1nc(N)nc2c1CCCC2c1ccccc1)C1CCC(N2CCCC2)CC1. The molecule has 0 spiro atoms. The zero-order valence-electron chi connectivity index (χ0n) is 18.3. The van der Waals surface area contributed by atoms with Crippen LogP contribution in [0.15, 0.2) is 30.3 Å². The van der Waals surface area contributed by atoms with Crippen molar-refractivity contribution < 1.29 is 0 Å². The Morgan fingerprint density at radius 2 is 1.67 bits per heavy atom. The van der Waals surface area contributed by atoms with E-state index in [1.807, 2.05) is 0 Å². The molecule has 0 bridgehead atoms. The Kier molecular flexibility index (Phi) is 5.64. The van der Waals surface area contributed by atoms with Crippen molar-refractivity contribution in [1.29, 1.82) is 0 Å². The topological polar surface area (TPSA) is 58.3 Å². The Labute approximate surface area is 180 Å². The van der Waals surface area contributed by atoms with Gasteiger partial charge in [0.15, 0.2) is 0 Å². The van der Waals surface area contributed by atoms with Crippen molar-refractivity contribution in [2.24, 2.45) is 0 Å². The molecule has 1 aromatic carbocycles. The fourth-order valence-corrected chi connectivity index (χ4v) is 6.05. The molecule has 1 unspecified atom stereocenters. The van der Waals surface area contributed by atoms with Gasteiger partial charge in [0.2, 0.25) is 5.95 Å². The highest BCUT2D eigenvalue weighted by molar-refractivity contribution is 5.55. The maximum atomic E-state index is 6.24. The highest BCUT2D eigenvalue weighted by atomic mass is 15.2. The van der Waals surface area contributed by atoms with Crippen molar-refractivity contribution in [2.45, 2.75) is 75.8 Å². The van der Waals surface area contributed by atoms with Gasteiger partial charge in [0.05, 0.1) is 5.69 Å². The minimum atomic E-state index is 0.332. The van der Waals surface area contributed by atoms with E-state index in [-0.39, 0.29) is 0 Å². The number of nitrogens with two attached hydrogens (primary N) is 1. The molecule has 2 fully saturated rings. The number of benzene rings is 1. The molecule has 5 heteroatoms. The second-order valence-corrected chi connectivity index (χ2v) is 9.44. The molecule has 2 aliphatic carbocycles. The second-order valence-electron chi connectivity index (χ2n) is 9.44. The molecule has 5 nitrogen and oxygen atoms in total. The Morgan fingerprint density at radius 1 is 0.933 bits per heavy atom. The molecule has 3 aliphatic rings. The van der Waals surface area contributed by atoms with E-state index in [0.717, 1.165) is 30.4 Å². The Hall–Kier alpha value is -2.14. The van der Waals surface area contributed by atoms with Crippen LogP contribution in [0.1, 0.15) is 74.1 Å². The van der Waals surface area contributed by atoms with Crippen LogP contribution < -0.4 is 10.6 Å². The number of nitrogen functional groups attached to an aromatic ring is 1. The Balaban J connectivity index is 1.38. The zero-order valence-corrected chi connectivity index (χ0v) is 18.3. The van der Waals surface area contributed by atoms with Gasteiger partial charge in [0, 0.05) is 30.6 Å². The summed E-state index contributed by atoms with van der Waals surface area (Å²) in [5, 5.41) is 0. The quantitative estimate of drug-likeness (QED) is 0.818. The van der Waals surface area contributed by atoms with E-state index in [9.17, 15) is 0 Å². The fourth-order valence-electron chi connectivity index (χ4n) is 6.05. The summed E-state index contributed by atoms with van der Waals surface area (Å²) in [6.07, 6.45) is 11.3. The zero-order chi connectivity index (χ0) is 20.5. The first-order chi connectivity index (χ1) is 14.7. The third-order valence-electron chi connectivity index (χ3n) is 7.69. The van der Waals surface area contributed by atoms with E-state index in [2.05, 4.69) is 47.2 Å². The number of fused-ring (bicyclic) bond motifs is 1. The van der Waals surface area contributed by atoms with Crippen LogP contribution in [0.5, 0.6) is 0 Å². The lowest BCUT2D eigenvalue weighted by atomic mass is 9.82. The third-order valence-corrected chi connectivity index (χ3v) is 7.69. The minimum absolute atomic E-state index is 0.332. The molecule has 1 aromatic heterocycles. The number of aromatic nitrogens is 2. The summed E-state index contributed by atoms with van der Waals surface area (Å²) in [5.74, 6) is 1.84. The third kappa shape index (κ3) is 3.80. The van der Waals surface area contributed by atoms with Gasteiger partial charge in [0.1, 0.15) is 5.82 Å². The first-order valence-corrected chi connectivity index (χ1v) is 11.9. The first-order valence-electron chi connectivity index (χ1n) is 11.9. The molecule has 1 saturated heterocycles. The van der Waals surface area contributed by atoms with Crippen molar-refractivity contribution in [1.82, 2.24) is 14.9 Å². The number of hydrogen-bond donors (Lipinski definition) is 1. The molecule has 2 N–H and O–H groups in total. The molecule has 1 aliphatic heterocycles. The summed E-state index contributed by atoms with van der Waals surface area (Å²) in [6.45, 7) is 2.62. The molecule has 1 saturated carbocycles. The largest absolute Gasteiger partial charge is 0.368 e. The van der Waals surface area contributed by atoms with Gasteiger partial charge < -0.3 is 15.5 Å². The van der Waals surface area contributed by atoms with Gasteiger partial charge in [-0.1, -0.05) is 30.3 Å². The maximum absolute atomic E-state index is 6.24. The highest BCUT2D eigenvalue weighted by Crippen LogP contribution is 2.40. The average molecular weight is 406 g/mol. The smallest absolute Gasteiger partial charge is 0.222 e. The predicted octanol–water partition coefficient (Wildman–Crippen LogP) is 4.37. The van der Waals surface area contributed by atoms with E-state index >= 15 is 0 Å². The summed E-state index contributed by atoms with van der Waals surface area (Å²) < 4.78 is 0. The van der Waals surface area contributed by atoms with E-state index < -0.39 is 0 Å². The number of rotatable bonds is 4. The van der Waals surface area contributed by atoms with Crippen molar-refractivity contribution in [3.05, 3.63) is 47.2 Å². The van der Waals surface area contributed by atoms with E-state index in [1.54, 1.807) is 0 Å². The van der Waals surface area contributed by atoms with Gasteiger partial charge in [-0.25, -0.2) is 4.98 Å². The summed E-state index contributed by atoms with van der Waals surface area (Å²) in [6, 6.07) is 12.1. The summed E-state index contributed by atoms with van der Waals surface area (Å²) in [5.41, 5.74) is 10.1. The molecule has 30 heavy (non-hydrogen) atoms. The van der Waals surface area contributed by atoms with Gasteiger partial charge in [-0.15, -0.1) is 0 Å². The number of likely N-dealkylation sites (tertiary alicyclic amines) is 1. The van der Waals surface area contributed by atoms with Crippen molar-refractivity contribution >= 4 is 11.8 Å². The normalized spacial score (nSPS) is 27.0. The lowest BCUT2D eigenvalue weighted by Gasteiger charge is -2.39. The molecule has 2 heterocycles. The van der Waals surface area contributed by atoms with Gasteiger partial charge in [-0.2, -0.15) is 4.98 Å². The lowest BCUT2D eigenvalue weighted by molar-refractivity contribution is 0.181. The van der Waals surface area contributed by atoms with Crippen molar-refractivity contribution in [3.63, 3.8) is 0 Å². The monoisotopic (exact) mass is 405 g/mol.